The van der Waals surface area contributed by atoms with Gasteiger partial charge in [-0.05, 0) is 37.3 Å². The van der Waals surface area contributed by atoms with Crippen LogP contribution >= 0.6 is 11.3 Å². The van der Waals surface area contributed by atoms with E-state index in [0.717, 1.165) is 10.7 Å². The summed E-state index contributed by atoms with van der Waals surface area (Å²) in [4.78, 5) is 43.0. The van der Waals surface area contributed by atoms with Crippen LogP contribution in [-0.4, -0.2) is 43.5 Å². The Morgan fingerprint density at radius 2 is 1.94 bits per heavy atom. The zero-order valence-corrected chi connectivity index (χ0v) is 20.4. The van der Waals surface area contributed by atoms with Crippen LogP contribution in [0.15, 0.2) is 40.6 Å². The van der Waals surface area contributed by atoms with E-state index in [1.54, 1.807) is 43.4 Å². The Morgan fingerprint density at radius 1 is 1.21 bits per heavy atom. The monoisotopic (exact) mass is 491 g/mol. The van der Waals surface area contributed by atoms with Crippen LogP contribution in [0.5, 0.6) is 0 Å². The number of aryl methyl sites for hydroxylation is 1. The van der Waals surface area contributed by atoms with Crippen molar-refractivity contribution < 1.29 is 22.8 Å². The van der Waals surface area contributed by atoms with E-state index in [1.807, 2.05) is 5.38 Å². The SMILES string of the molecule is CC(C)C(NS(=O)(=O)c1ccccc1)C(=O)CC1CCCc2nc(cs2)CCNC(=O)C1=O. The summed E-state index contributed by atoms with van der Waals surface area (Å²) in [5.74, 6) is -2.89. The minimum atomic E-state index is -3.91. The Morgan fingerprint density at radius 3 is 2.64 bits per heavy atom. The number of carbonyl (C=O) groups is 3. The maximum atomic E-state index is 13.2. The first kappa shape index (κ1) is 25.2. The number of amides is 1. The van der Waals surface area contributed by atoms with Crippen molar-refractivity contribution >= 4 is 38.8 Å². The quantitative estimate of drug-likeness (QED) is 0.573. The molecule has 2 unspecified atom stereocenters. The fourth-order valence-electron chi connectivity index (χ4n) is 3.76. The highest BCUT2D eigenvalue weighted by Crippen LogP contribution is 2.22. The first-order valence-electron chi connectivity index (χ1n) is 11.0. The normalized spacial score (nSPS) is 18.8. The van der Waals surface area contributed by atoms with Gasteiger partial charge >= 0.3 is 0 Å². The van der Waals surface area contributed by atoms with Crippen LogP contribution in [0.4, 0.5) is 0 Å². The number of benzene rings is 1. The molecule has 178 valence electrons. The van der Waals surface area contributed by atoms with Crippen molar-refractivity contribution in [3.8, 4) is 0 Å². The van der Waals surface area contributed by atoms with Crippen molar-refractivity contribution in [3.05, 3.63) is 46.4 Å². The topological polar surface area (TPSA) is 122 Å². The molecule has 10 heteroatoms. The number of ketones is 2. The summed E-state index contributed by atoms with van der Waals surface area (Å²) in [5, 5.41) is 5.53. The van der Waals surface area contributed by atoms with Gasteiger partial charge in [0.25, 0.3) is 5.91 Å². The third-order valence-electron chi connectivity index (χ3n) is 5.60. The standard InChI is InChI=1S/C23H29N3O5S2/c1-15(2)21(26-33(30,31)18-8-4-3-5-9-18)19(27)13-16-7-6-10-20-25-17(14-32-20)11-12-24-23(29)22(16)28/h3-5,8-9,14-16,21,26H,6-7,10-13H2,1-2H3,(H,24,29). The molecule has 2 bridgehead atoms. The number of thiazole rings is 1. The van der Waals surface area contributed by atoms with Crippen molar-refractivity contribution in [2.24, 2.45) is 11.8 Å². The number of carbonyl (C=O) groups excluding carboxylic acids is 3. The van der Waals surface area contributed by atoms with E-state index in [2.05, 4.69) is 15.0 Å². The first-order chi connectivity index (χ1) is 15.7. The number of nitrogens with one attached hydrogen (secondary N) is 2. The molecular weight excluding hydrogens is 462 g/mol. The zero-order valence-electron chi connectivity index (χ0n) is 18.7. The highest BCUT2D eigenvalue weighted by atomic mass is 32.2. The molecule has 0 saturated carbocycles. The summed E-state index contributed by atoms with van der Waals surface area (Å²) in [5.41, 5.74) is 0.889. The van der Waals surface area contributed by atoms with Gasteiger partial charge in [0.05, 0.1) is 21.6 Å². The highest BCUT2D eigenvalue weighted by molar-refractivity contribution is 7.89. The van der Waals surface area contributed by atoms with Gasteiger partial charge in [0.15, 0.2) is 5.78 Å². The lowest BCUT2D eigenvalue weighted by molar-refractivity contribution is -0.141. The molecule has 0 fully saturated rings. The minimum absolute atomic E-state index is 0.0627. The smallest absolute Gasteiger partial charge is 0.287 e. The maximum Gasteiger partial charge on any atom is 0.287 e. The van der Waals surface area contributed by atoms with Crippen LogP contribution in [0.25, 0.3) is 0 Å². The lowest BCUT2D eigenvalue weighted by Crippen LogP contribution is -2.46. The molecule has 2 N–H and O–H groups in total. The van der Waals surface area contributed by atoms with Gasteiger partial charge in [-0.2, -0.15) is 0 Å². The van der Waals surface area contributed by atoms with Gasteiger partial charge in [0.1, 0.15) is 0 Å². The molecule has 1 aromatic heterocycles. The van der Waals surface area contributed by atoms with E-state index in [1.165, 1.54) is 12.1 Å². The Kier molecular flexibility index (Phi) is 8.50. The van der Waals surface area contributed by atoms with Crippen LogP contribution in [0.1, 0.15) is 43.8 Å². The molecule has 1 aliphatic rings. The molecule has 1 aromatic carbocycles. The summed E-state index contributed by atoms with van der Waals surface area (Å²) in [6.45, 7) is 3.78. The Bertz CT molecular complexity index is 1100. The largest absolute Gasteiger partial charge is 0.349 e. The summed E-state index contributed by atoms with van der Waals surface area (Å²) in [7, 11) is -3.91. The second kappa shape index (κ2) is 11.1. The summed E-state index contributed by atoms with van der Waals surface area (Å²) in [6, 6.07) is 6.82. The van der Waals surface area contributed by atoms with Crippen LogP contribution in [0.3, 0.4) is 0 Å². The molecule has 8 nitrogen and oxygen atoms in total. The fraction of sp³-hybridized carbons (Fsp3) is 0.478. The number of Topliss-reactive ketones (excluding diaryl/α,β-unsaturated/α-hetero) is 2. The molecule has 2 atom stereocenters. The first-order valence-corrected chi connectivity index (χ1v) is 13.4. The number of rotatable bonds is 7. The predicted molar refractivity (Wildman–Crippen MR) is 125 cm³/mol. The number of hydrogen-bond acceptors (Lipinski definition) is 7. The van der Waals surface area contributed by atoms with Crippen molar-refractivity contribution in [1.82, 2.24) is 15.0 Å². The van der Waals surface area contributed by atoms with Gasteiger partial charge in [-0.25, -0.2) is 18.1 Å². The van der Waals surface area contributed by atoms with Gasteiger partial charge in [-0.1, -0.05) is 32.0 Å². The van der Waals surface area contributed by atoms with Gasteiger partial charge in [0.2, 0.25) is 15.8 Å². The number of aromatic nitrogens is 1. The minimum Gasteiger partial charge on any atom is -0.349 e. The predicted octanol–water partition coefficient (Wildman–Crippen LogP) is 2.29. The third-order valence-corrected chi connectivity index (χ3v) is 8.01. The maximum absolute atomic E-state index is 13.2. The van der Waals surface area contributed by atoms with E-state index in [9.17, 15) is 22.8 Å². The van der Waals surface area contributed by atoms with Crippen molar-refractivity contribution in [1.29, 1.82) is 0 Å². The lowest BCUT2D eigenvalue weighted by Gasteiger charge is -2.23. The average Bonchev–Trinajstić information content (AvgIpc) is 3.23. The van der Waals surface area contributed by atoms with Crippen LogP contribution < -0.4 is 10.0 Å². The van der Waals surface area contributed by atoms with Gasteiger partial charge in [-0.15, -0.1) is 11.3 Å². The van der Waals surface area contributed by atoms with Crippen LogP contribution in [-0.2, 0) is 37.2 Å². The molecule has 0 spiro atoms. The van der Waals surface area contributed by atoms with E-state index in [0.29, 0.717) is 32.2 Å². The number of fused-ring (bicyclic) bond motifs is 2. The molecule has 33 heavy (non-hydrogen) atoms. The Labute approximate surface area is 198 Å². The summed E-state index contributed by atoms with van der Waals surface area (Å²) in [6.07, 6.45) is 1.96. The molecule has 0 aliphatic carbocycles. The van der Waals surface area contributed by atoms with Crippen molar-refractivity contribution in [3.63, 3.8) is 0 Å². The molecule has 2 heterocycles. The highest BCUT2D eigenvalue weighted by Gasteiger charge is 2.33. The van der Waals surface area contributed by atoms with E-state index < -0.39 is 39.5 Å². The summed E-state index contributed by atoms with van der Waals surface area (Å²) < 4.78 is 28.0. The molecule has 3 rings (SSSR count). The van der Waals surface area contributed by atoms with Gasteiger partial charge < -0.3 is 5.32 Å². The van der Waals surface area contributed by atoms with Crippen molar-refractivity contribution in [2.45, 2.75) is 56.9 Å². The van der Waals surface area contributed by atoms with Gasteiger partial charge in [0, 0.05) is 30.7 Å². The zero-order chi connectivity index (χ0) is 24.0. The second-order valence-corrected chi connectivity index (χ2v) is 11.2. The number of hydrogen-bond donors (Lipinski definition) is 2. The Balaban J connectivity index is 1.75. The molecule has 0 saturated heterocycles. The van der Waals surface area contributed by atoms with Gasteiger partial charge in [-0.3, -0.25) is 14.4 Å². The molecule has 1 aliphatic heterocycles. The fourth-order valence-corrected chi connectivity index (χ4v) is 6.02. The second-order valence-electron chi connectivity index (χ2n) is 8.52. The lowest BCUT2D eigenvalue weighted by atomic mass is 9.87. The van der Waals surface area contributed by atoms with Crippen molar-refractivity contribution in [2.75, 3.05) is 6.54 Å². The number of nitrogens with zero attached hydrogens (tertiary/aromatic N) is 1. The van der Waals surface area contributed by atoms with E-state index >= 15 is 0 Å². The third kappa shape index (κ3) is 6.78. The molecule has 2 aromatic rings. The van der Waals surface area contributed by atoms with E-state index in [-0.39, 0.29) is 17.2 Å². The molecule has 0 radical (unpaired) electrons. The van der Waals surface area contributed by atoms with Crippen LogP contribution in [0.2, 0.25) is 0 Å². The molecule has 1 amide bonds. The average molecular weight is 492 g/mol. The Hall–Kier alpha value is -2.43. The molecular formula is C23H29N3O5S2. The summed E-state index contributed by atoms with van der Waals surface area (Å²) >= 11 is 1.55. The number of sulfonamides is 1. The van der Waals surface area contributed by atoms with Crippen LogP contribution in [0, 0.1) is 11.8 Å². The van der Waals surface area contributed by atoms with E-state index in [4.69, 9.17) is 0 Å².